The van der Waals surface area contributed by atoms with E-state index in [-0.39, 0.29) is 0 Å². The summed E-state index contributed by atoms with van der Waals surface area (Å²) in [4.78, 5) is 9.76. The zero-order valence-corrected chi connectivity index (χ0v) is 21.3. The average Bonchev–Trinajstić information content (AvgIpc) is 3.54. The number of rotatable bonds is 1. The maximum atomic E-state index is 6.90. The first-order chi connectivity index (χ1) is 19.3. The van der Waals surface area contributed by atoms with Gasteiger partial charge < -0.3 is 4.42 Å². The molecule has 0 saturated carbocycles. The highest BCUT2D eigenvalue weighted by Crippen LogP contribution is 2.47. The molecule has 0 spiro atoms. The summed E-state index contributed by atoms with van der Waals surface area (Å²) in [6, 6.07) is 37.5. The van der Waals surface area contributed by atoms with Crippen LogP contribution in [0.2, 0.25) is 5.15 Å². The van der Waals surface area contributed by atoms with E-state index in [1.165, 1.54) is 10.8 Å². The minimum Gasteiger partial charge on any atom is -0.454 e. The van der Waals surface area contributed by atoms with Gasteiger partial charge in [0.1, 0.15) is 5.58 Å². The average molecular weight is 520 g/mol. The van der Waals surface area contributed by atoms with E-state index in [2.05, 4.69) is 83.4 Å². The summed E-state index contributed by atoms with van der Waals surface area (Å²) in [7, 11) is 0. The van der Waals surface area contributed by atoms with Crippen molar-refractivity contribution in [2.45, 2.75) is 0 Å². The number of fused-ring (bicyclic) bond motifs is 13. The second-order valence-electron chi connectivity index (χ2n) is 9.91. The Morgan fingerprint density at radius 1 is 0.564 bits per heavy atom. The number of aromatic nitrogens is 3. The lowest BCUT2D eigenvalue weighted by Gasteiger charge is -2.11. The van der Waals surface area contributed by atoms with Gasteiger partial charge in [-0.3, -0.25) is 4.57 Å². The minimum absolute atomic E-state index is 0.347. The van der Waals surface area contributed by atoms with Crippen LogP contribution in [0.3, 0.4) is 0 Å². The molecule has 0 aliphatic rings. The van der Waals surface area contributed by atoms with Crippen molar-refractivity contribution >= 4 is 87.9 Å². The number of nitrogens with zero attached hydrogens (tertiary/aromatic N) is 3. The maximum Gasteiger partial charge on any atom is 0.176 e. The normalized spacial score (nSPS) is 12.2. The molecule has 0 N–H and O–H groups in total. The molecule has 4 nitrogen and oxygen atoms in total. The van der Waals surface area contributed by atoms with Gasteiger partial charge in [0.2, 0.25) is 0 Å². The molecule has 0 aliphatic heterocycles. The van der Waals surface area contributed by atoms with Crippen LogP contribution in [0.5, 0.6) is 0 Å². The number of hydrogen-bond donors (Lipinski definition) is 0. The zero-order valence-electron chi connectivity index (χ0n) is 20.5. The molecule has 39 heavy (non-hydrogen) atoms. The Labute approximate surface area is 226 Å². The van der Waals surface area contributed by atoms with Crippen LogP contribution in [0.4, 0.5) is 0 Å². The lowest BCUT2D eigenvalue weighted by Crippen LogP contribution is -2.01. The summed E-state index contributed by atoms with van der Waals surface area (Å²) >= 11 is 6.90. The van der Waals surface area contributed by atoms with Crippen molar-refractivity contribution in [2.24, 2.45) is 0 Å². The topological polar surface area (TPSA) is 43.9 Å². The molecule has 0 atom stereocenters. The van der Waals surface area contributed by atoms with Gasteiger partial charge in [-0.05, 0) is 45.8 Å². The van der Waals surface area contributed by atoms with E-state index in [1.807, 2.05) is 30.3 Å². The highest BCUT2D eigenvalue weighted by atomic mass is 35.5. The maximum absolute atomic E-state index is 6.90. The van der Waals surface area contributed by atoms with Crippen molar-refractivity contribution in [3.8, 4) is 5.82 Å². The summed E-state index contributed by atoms with van der Waals surface area (Å²) in [5.74, 6) is 0.587. The van der Waals surface area contributed by atoms with E-state index in [4.69, 9.17) is 26.0 Å². The SMILES string of the molecule is Clc1nc2ccccc2nc1-n1c2ccccc2c2c3ccccc3c3c(oc4ccc5ccccc5c43)c21. The number of para-hydroxylation sites is 3. The van der Waals surface area contributed by atoms with Gasteiger partial charge in [0.05, 0.1) is 22.1 Å². The number of furan rings is 1. The van der Waals surface area contributed by atoms with E-state index in [1.54, 1.807) is 0 Å². The summed E-state index contributed by atoms with van der Waals surface area (Å²) < 4.78 is 8.92. The van der Waals surface area contributed by atoms with Crippen molar-refractivity contribution in [3.05, 3.63) is 114 Å². The molecular formula is C34H18ClN3O. The third kappa shape index (κ3) is 2.73. The lowest BCUT2D eigenvalue weighted by molar-refractivity contribution is 0.671. The standard InChI is InChI=1S/C34H18ClN3O/c35-33-34(37-25-15-7-6-14-24(25)36-33)38-26-16-8-5-13-23(26)28-21-11-3-4-12-22(21)30-29-20-10-2-1-9-19(20)17-18-27(29)39-32(30)31(28)38/h1-18H. The van der Waals surface area contributed by atoms with Crippen LogP contribution in [0, 0.1) is 0 Å². The van der Waals surface area contributed by atoms with E-state index >= 15 is 0 Å². The van der Waals surface area contributed by atoms with Gasteiger partial charge in [0, 0.05) is 21.5 Å². The molecule has 0 bridgehead atoms. The first-order valence-electron chi connectivity index (χ1n) is 12.9. The van der Waals surface area contributed by atoms with Gasteiger partial charge in [-0.25, -0.2) is 9.97 Å². The largest absolute Gasteiger partial charge is 0.454 e. The Kier molecular flexibility index (Phi) is 4.08. The van der Waals surface area contributed by atoms with Crippen molar-refractivity contribution in [1.29, 1.82) is 0 Å². The Balaban J connectivity index is 1.61. The summed E-state index contributed by atoms with van der Waals surface area (Å²) in [5, 5.41) is 9.46. The van der Waals surface area contributed by atoms with Crippen LogP contribution in [0.15, 0.2) is 114 Å². The Morgan fingerprint density at radius 3 is 2.03 bits per heavy atom. The van der Waals surface area contributed by atoms with Crippen molar-refractivity contribution < 1.29 is 4.42 Å². The molecule has 9 aromatic rings. The molecule has 0 fully saturated rings. The van der Waals surface area contributed by atoms with Gasteiger partial charge in [-0.1, -0.05) is 96.5 Å². The van der Waals surface area contributed by atoms with E-state index < -0.39 is 0 Å². The van der Waals surface area contributed by atoms with Gasteiger partial charge in [0.25, 0.3) is 0 Å². The fraction of sp³-hybridized carbons (Fsp3) is 0. The Morgan fingerprint density at radius 2 is 1.21 bits per heavy atom. The monoisotopic (exact) mass is 519 g/mol. The van der Waals surface area contributed by atoms with Gasteiger partial charge in [0.15, 0.2) is 16.6 Å². The summed E-state index contributed by atoms with van der Waals surface area (Å²) in [6.07, 6.45) is 0. The van der Waals surface area contributed by atoms with Crippen LogP contribution in [0.1, 0.15) is 0 Å². The number of hydrogen-bond acceptors (Lipinski definition) is 3. The predicted molar refractivity (Wildman–Crippen MR) is 161 cm³/mol. The second-order valence-corrected chi connectivity index (χ2v) is 10.3. The molecule has 9 rings (SSSR count). The second kappa shape index (κ2) is 7.56. The van der Waals surface area contributed by atoms with E-state index in [9.17, 15) is 0 Å². The van der Waals surface area contributed by atoms with Crippen LogP contribution in [0.25, 0.3) is 82.1 Å². The summed E-state index contributed by atoms with van der Waals surface area (Å²) in [6.45, 7) is 0. The number of benzene rings is 6. The highest BCUT2D eigenvalue weighted by Gasteiger charge is 2.25. The third-order valence-corrected chi connectivity index (χ3v) is 8.11. The van der Waals surface area contributed by atoms with Gasteiger partial charge in [-0.2, -0.15) is 0 Å². The van der Waals surface area contributed by atoms with Crippen LogP contribution in [-0.2, 0) is 0 Å². The Hall–Kier alpha value is -4.93. The molecule has 3 heterocycles. The fourth-order valence-corrected chi connectivity index (χ4v) is 6.49. The molecule has 5 heteroatoms. The Bertz CT molecular complexity index is 2470. The fourth-order valence-electron chi connectivity index (χ4n) is 6.27. The quantitative estimate of drug-likeness (QED) is 0.217. The van der Waals surface area contributed by atoms with E-state index in [0.29, 0.717) is 11.0 Å². The molecular weight excluding hydrogens is 502 g/mol. The number of halogens is 1. The van der Waals surface area contributed by atoms with Gasteiger partial charge >= 0.3 is 0 Å². The first-order valence-corrected chi connectivity index (χ1v) is 13.3. The van der Waals surface area contributed by atoms with Crippen LogP contribution < -0.4 is 0 Å². The van der Waals surface area contributed by atoms with Crippen LogP contribution in [-0.4, -0.2) is 14.5 Å². The minimum atomic E-state index is 0.347. The van der Waals surface area contributed by atoms with Crippen LogP contribution >= 0.6 is 11.6 Å². The molecule has 0 aliphatic carbocycles. The third-order valence-electron chi connectivity index (χ3n) is 7.86. The molecule has 3 aromatic heterocycles. The van der Waals surface area contributed by atoms with Gasteiger partial charge in [-0.15, -0.1) is 0 Å². The molecule has 0 amide bonds. The molecule has 0 unspecified atom stereocenters. The highest BCUT2D eigenvalue weighted by molar-refractivity contribution is 6.38. The van der Waals surface area contributed by atoms with Crippen molar-refractivity contribution in [1.82, 2.24) is 14.5 Å². The molecule has 6 aromatic carbocycles. The summed E-state index contributed by atoms with van der Waals surface area (Å²) in [5.41, 5.74) is 5.16. The smallest absolute Gasteiger partial charge is 0.176 e. The lowest BCUT2D eigenvalue weighted by atomic mass is 9.96. The molecule has 0 radical (unpaired) electrons. The first kappa shape index (κ1) is 21.1. The van der Waals surface area contributed by atoms with Crippen molar-refractivity contribution in [2.75, 3.05) is 0 Å². The van der Waals surface area contributed by atoms with Crippen molar-refractivity contribution in [3.63, 3.8) is 0 Å². The zero-order chi connectivity index (χ0) is 25.7. The predicted octanol–water partition coefficient (Wildman–Crippen LogP) is 9.59. The molecule has 0 saturated heterocycles. The molecule has 182 valence electrons. The van der Waals surface area contributed by atoms with E-state index in [0.717, 1.165) is 65.6 Å².